The summed E-state index contributed by atoms with van der Waals surface area (Å²) in [7, 11) is 0. The van der Waals surface area contributed by atoms with E-state index in [2.05, 4.69) is 10.3 Å². The number of aliphatic carboxylic acids is 1. The Morgan fingerprint density at radius 1 is 1.42 bits per heavy atom. The summed E-state index contributed by atoms with van der Waals surface area (Å²) in [5, 5.41) is 11.2. The van der Waals surface area contributed by atoms with Gasteiger partial charge in [-0.1, -0.05) is 0 Å². The number of carbonyl (C=O) groups excluding carboxylic acids is 1. The largest absolute Gasteiger partial charge is 0.481 e. The zero-order chi connectivity index (χ0) is 14.4. The van der Waals surface area contributed by atoms with Crippen LogP contribution >= 0.6 is 0 Å². The molecule has 104 valence electrons. The van der Waals surface area contributed by atoms with Gasteiger partial charge in [0, 0.05) is 18.2 Å². The molecular formula is C13H18N2O4. The van der Waals surface area contributed by atoms with Gasteiger partial charge in [-0.05, 0) is 38.8 Å². The van der Waals surface area contributed by atoms with Crippen molar-refractivity contribution in [3.05, 3.63) is 33.7 Å². The summed E-state index contributed by atoms with van der Waals surface area (Å²) in [4.78, 5) is 36.3. The molecule has 1 amide bonds. The molecule has 0 aliphatic heterocycles. The molecule has 1 rings (SSSR count). The molecule has 0 bridgehead atoms. The maximum atomic E-state index is 11.8. The zero-order valence-electron chi connectivity index (χ0n) is 11.0. The lowest BCUT2D eigenvalue weighted by Crippen LogP contribution is -2.36. The van der Waals surface area contributed by atoms with E-state index in [9.17, 15) is 14.4 Å². The molecule has 1 unspecified atom stereocenters. The van der Waals surface area contributed by atoms with E-state index < -0.39 is 17.4 Å². The van der Waals surface area contributed by atoms with E-state index in [1.807, 2.05) is 0 Å². The summed E-state index contributed by atoms with van der Waals surface area (Å²) in [6.45, 7) is 3.51. The molecule has 0 radical (unpaired) electrons. The Kier molecular flexibility index (Phi) is 5.29. The van der Waals surface area contributed by atoms with Gasteiger partial charge in [0.05, 0.1) is 0 Å². The number of H-pyrrole nitrogens is 1. The first-order chi connectivity index (χ1) is 8.90. The van der Waals surface area contributed by atoms with Gasteiger partial charge in [-0.3, -0.25) is 14.4 Å². The lowest BCUT2D eigenvalue weighted by molar-refractivity contribution is -0.137. The number of aromatic amines is 1. The molecule has 0 spiro atoms. The van der Waals surface area contributed by atoms with Crippen molar-refractivity contribution in [1.82, 2.24) is 10.3 Å². The van der Waals surface area contributed by atoms with Crippen LogP contribution in [-0.4, -0.2) is 28.0 Å². The highest BCUT2D eigenvalue weighted by Gasteiger charge is 2.13. The third-order valence-corrected chi connectivity index (χ3v) is 2.71. The van der Waals surface area contributed by atoms with Crippen molar-refractivity contribution in [2.24, 2.45) is 0 Å². The van der Waals surface area contributed by atoms with Crippen LogP contribution in [0.25, 0.3) is 0 Å². The molecule has 1 aromatic heterocycles. The highest BCUT2D eigenvalue weighted by Crippen LogP contribution is 2.02. The van der Waals surface area contributed by atoms with E-state index in [1.54, 1.807) is 19.9 Å². The van der Waals surface area contributed by atoms with Gasteiger partial charge in [-0.2, -0.15) is 0 Å². The van der Waals surface area contributed by atoms with Gasteiger partial charge >= 0.3 is 5.97 Å². The number of aryl methyl sites for hydroxylation is 1. The van der Waals surface area contributed by atoms with Crippen LogP contribution in [0.3, 0.4) is 0 Å². The van der Waals surface area contributed by atoms with Gasteiger partial charge < -0.3 is 15.4 Å². The Morgan fingerprint density at radius 2 is 2.11 bits per heavy atom. The molecule has 1 atom stereocenters. The normalized spacial score (nSPS) is 11.9. The second kappa shape index (κ2) is 6.72. The molecule has 0 saturated heterocycles. The van der Waals surface area contributed by atoms with E-state index in [0.29, 0.717) is 18.5 Å². The van der Waals surface area contributed by atoms with Gasteiger partial charge in [0.15, 0.2) is 0 Å². The molecule has 1 heterocycles. The summed E-state index contributed by atoms with van der Waals surface area (Å²) in [5.41, 5.74) is 0.335. The molecular weight excluding hydrogens is 248 g/mol. The van der Waals surface area contributed by atoms with Crippen LogP contribution in [0.1, 0.15) is 42.2 Å². The van der Waals surface area contributed by atoms with Gasteiger partial charge in [0.25, 0.3) is 11.5 Å². The van der Waals surface area contributed by atoms with Gasteiger partial charge in [0.2, 0.25) is 0 Å². The minimum Gasteiger partial charge on any atom is -0.481 e. The molecule has 19 heavy (non-hydrogen) atoms. The van der Waals surface area contributed by atoms with Crippen molar-refractivity contribution >= 4 is 11.9 Å². The first-order valence-electron chi connectivity index (χ1n) is 6.12. The minimum absolute atomic E-state index is 0.0654. The predicted octanol–water partition coefficient (Wildman–Crippen LogP) is 1.06. The molecule has 6 heteroatoms. The third-order valence-electron chi connectivity index (χ3n) is 2.71. The monoisotopic (exact) mass is 266 g/mol. The predicted molar refractivity (Wildman–Crippen MR) is 70.2 cm³/mol. The fourth-order valence-electron chi connectivity index (χ4n) is 1.68. The highest BCUT2D eigenvalue weighted by atomic mass is 16.4. The molecule has 0 fully saturated rings. The summed E-state index contributed by atoms with van der Waals surface area (Å²) in [5.74, 6) is -1.29. The average Bonchev–Trinajstić information content (AvgIpc) is 2.27. The number of nitrogens with one attached hydrogen (secondary N) is 2. The Labute approximate surface area is 110 Å². The van der Waals surface area contributed by atoms with E-state index in [-0.39, 0.29) is 18.0 Å². The molecule has 0 aliphatic rings. The van der Waals surface area contributed by atoms with Crippen molar-refractivity contribution in [3.63, 3.8) is 0 Å². The van der Waals surface area contributed by atoms with Crippen molar-refractivity contribution in [2.75, 3.05) is 0 Å². The average molecular weight is 266 g/mol. The van der Waals surface area contributed by atoms with Crippen molar-refractivity contribution < 1.29 is 14.7 Å². The van der Waals surface area contributed by atoms with Crippen LogP contribution in [0.5, 0.6) is 0 Å². The fourth-order valence-corrected chi connectivity index (χ4v) is 1.68. The van der Waals surface area contributed by atoms with Crippen molar-refractivity contribution in [3.8, 4) is 0 Å². The second-order valence-electron chi connectivity index (χ2n) is 4.54. The third kappa shape index (κ3) is 4.95. The quantitative estimate of drug-likeness (QED) is 0.716. The standard InChI is InChI=1S/C13H18N2O4/c1-8(4-3-5-11(16)17)14-12(18)10-7-6-9(2)15-13(10)19/h6-8H,3-5H2,1-2H3,(H,14,18)(H,15,19)(H,16,17). The summed E-state index contributed by atoms with van der Waals surface area (Å²) in [6.07, 6.45) is 1.12. The van der Waals surface area contributed by atoms with E-state index in [1.165, 1.54) is 6.07 Å². The lowest BCUT2D eigenvalue weighted by atomic mass is 10.1. The number of hydrogen-bond acceptors (Lipinski definition) is 3. The molecule has 1 aromatic rings. The maximum absolute atomic E-state index is 11.8. The van der Waals surface area contributed by atoms with Crippen molar-refractivity contribution in [2.45, 2.75) is 39.2 Å². The van der Waals surface area contributed by atoms with Gasteiger partial charge in [-0.25, -0.2) is 0 Å². The van der Waals surface area contributed by atoms with Gasteiger partial charge in [-0.15, -0.1) is 0 Å². The number of amides is 1. The SMILES string of the molecule is Cc1ccc(C(=O)NC(C)CCCC(=O)O)c(=O)[nH]1. The fraction of sp³-hybridized carbons (Fsp3) is 0.462. The molecule has 3 N–H and O–H groups in total. The van der Waals surface area contributed by atoms with Gasteiger partial charge in [0.1, 0.15) is 5.56 Å². The summed E-state index contributed by atoms with van der Waals surface area (Å²) in [6, 6.07) is 2.96. The molecule has 0 saturated carbocycles. The Morgan fingerprint density at radius 3 is 2.68 bits per heavy atom. The van der Waals surface area contributed by atoms with Crippen molar-refractivity contribution in [1.29, 1.82) is 0 Å². The number of rotatable bonds is 6. The van der Waals surface area contributed by atoms with Crippen LogP contribution in [0, 0.1) is 6.92 Å². The Balaban J connectivity index is 2.54. The zero-order valence-corrected chi connectivity index (χ0v) is 11.0. The van der Waals surface area contributed by atoms with Crippen LogP contribution in [0.4, 0.5) is 0 Å². The second-order valence-corrected chi connectivity index (χ2v) is 4.54. The first kappa shape index (κ1) is 14.9. The lowest BCUT2D eigenvalue weighted by Gasteiger charge is -2.12. The smallest absolute Gasteiger partial charge is 0.303 e. The van der Waals surface area contributed by atoms with Crippen LogP contribution in [0.15, 0.2) is 16.9 Å². The molecule has 0 aliphatic carbocycles. The molecule has 0 aromatic carbocycles. The van der Waals surface area contributed by atoms with Crippen LogP contribution < -0.4 is 10.9 Å². The van der Waals surface area contributed by atoms with E-state index in [0.717, 1.165) is 0 Å². The number of aromatic nitrogens is 1. The van der Waals surface area contributed by atoms with E-state index in [4.69, 9.17) is 5.11 Å². The number of carboxylic acid groups (broad SMARTS) is 1. The number of pyridine rings is 1. The van der Waals surface area contributed by atoms with Crippen LogP contribution in [0.2, 0.25) is 0 Å². The molecule has 6 nitrogen and oxygen atoms in total. The van der Waals surface area contributed by atoms with Crippen LogP contribution in [-0.2, 0) is 4.79 Å². The highest BCUT2D eigenvalue weighted by molar-refractivity contribution is 5.93. The number of hydrogen-bond donors (Lipinski definition) is 3. The minimum atomic E-state index is -0.853. The Hall–Kier alpha value is -2.11. The summed E-state index contributed by atoms with van der Waals surface area (Å²) < 4.78 is 0. The summed E-state index contributed by atoms with van der Waals surface area (Å²) >= 11 is 0. The first-order valence-corrected chi connectivity index (χ1v) is 6.12. The number of carboxylic acids is 1. The topological polar surface area (TPSA) is 99.3 Å². The van der Waals surface area contributed by atoms with E-state index >= 15 is 0 Å². The number of carbonyl (C=O) groups is 2. The maximum Gasteiger partial charge on any atom is 0.303 e. The Bertz CT molecular complexity index is 522.